The van der Waals surface area contributed by atoms with Gasteiger partial charge in [0, 0.05) is 18.7 Å². The number of aromatic nitrogens is 2. The van der Waals surface area contributed by atoms with Crippen LogP contribution in [0.15, 0.2) is 48.0 Å². The molecule has 0 aliphatic heterocycles. The van der Waals surface area contributed by atoms with E-state index in [1.54, 1.807) is 0 Å². The summed E-state index contributed by atoms with van der Waals surface area (Å²) in [4.78, 5) is 9.96. The minimum atomic E-state index is 0.149. The van der Waals surface area contributed by atoms with Gasteiger partial charge in [-0.15, -0.1) is 0 Å². The van der Waals surface area contributed by atoms with Gasteiger partial charge in [0.15, 0.2) is 5.82 Å². The number of benzene rings is 1. The standard InChI is InChI=1S/C13H14ClN5O/c14-11-8-16-9-17-13(11)19(7-6-12(15)18-20)10-4-2-1-3-5-10/h1-5,8-9,20H,6-7H2,(H2,15,18). The van der Waals surface area contributed by atoms with Crippen LogP contribution in [0.4, 0.5) is 11.5 Å². The van der Waals surface area contributed by atoms with Crippen molar-refractivity contribution in [2.75, 3.05) is 11.4 Å². The van der Waals surface area contributed by atoms with Crippen LogP contribution in [0.5, 0.6) is 0 Å². The van der Waals surface area contributed by atoms with Crippen LogP contribution < -0.4 is 10.6 Å². The fourth-order valence-electron chi connectivity index (χ4n) is 1.75. The van der Waals surface area contributed by atoms with Crippen LogP contribution in [0.3, 0.4) is 0 Å². The fraction of sp³-hybridized carbons (Fsp3) is 0.154. The van der Waals surface area contributed by atoms with E-state index in [0.29, 0.717) is 23.8 Å². The van der Waals surface area contributed by atoms with Crippen molar-refractivity contribution in [1.29, 1.82) is 0 Å². The number of nitrogens with zero attached hydrogens (tertiary/aromatic N) is 4. The molecule has 0 bridgehead atoms. The quantitative estimate of drug-likeness (QED) is 0.382. The predicted molar refractivity (Wildman–Crippen MR) is 78.5 cm³/mol. The van der Waals surface area contributed by atoms with Crippen molar-refractivity contribution in [2.45, 2.75) is 6.42 Å². The Bertz CT molecular complexity index is 590. The zero-order valence-corrected chi connectivity index (χ0v) is 11.4. The van der Waals surface area contributed by atoms with Gasteiger partial charge in [-0.1, -0.05) is 35.0 Å². The first-order valence-electron chi connectivity index (χ1n) is 5.97. The zero-order chi connectivity index (χ0) is 14.4. The van der Waals surface area contributed by atoms with E-state index < -0.39 is 0 Å². The smallest absolute Gasteiger partial charge is 0.155 e. The number of oxime groups is 1. The third-order valence-electron chi connectivity index (χ3n) is 2.69. The van der Waals surface area contributed by atoms with Crippen molar-refractivity contribution < 1.29 is 5.21 Å². The number of nitrogens with two attached hydrogens (primary N) is 1. The average molecular weight is 292 g/mol. The normalized spacial score (nSPS) is 11.3. The first-order chi connectivity index (χ1) is 9.72. The van der Waals surface area contributed by atoms with Gasteiger partial charge in [0.05, 0.1) is 6.20 Å². The Morgan fingerprint density at radius 1 is 1.35 bits per heavy atom. The van der Waals surface area contributed by atoms with Crippen LogP contribution in [-0.4, -0.2) is 27.6 Å². The molecule has 1 aromatic carbocycles. The maximum absolute atomic E-state index is 8.64. The molecule has 0 amide bonds. The molecule has 0 unspecified atom stereocenters. The molecule has 0 saturated carbocycles. The molecule has 0 radical (unpaired) electrons. The molecular formula is C13H14ClN5O. The summed E-state index contributed by atoms with van der Waals surface area (Å²) in [6.07, 6.45) is 3.34. The second kappa shape index (κ2) is 6.72. The van der Waals surface area contributed by atoms with E-state index in [0.717, 1.165) is 5.69 Å². The molecule has 1 heterocycles. The van der Waals surface area contributed by atoms with Crippen LogP contribution in [-0.2, 0) is 0 Å². The van der Waals surface area contributed by atoms with E-state index in [1.165, 1.54) is 12.5 Å². The topological polar surface area (TPSA) is 87.6 Å². The van der Waals surface area contributed by atoms with Crippen LogP contribution in [0.25, 0.3) is 0 Å². The first kappa shape index (κ1) is 14.1. The molecule has 0 atom stereocenters. The van der Waals surface area contributed by atoms with Gasteiger partial charge >= 0.3 is 0 Å². The molecule has 2 rings (SSSR count). The van der Waals surface area contributed by atoms with Crippen molar-refractivity contribution in [3.05, 3.63) is 47.9 Å². The number of rotatable bonds is 5. The summed E-state index contributed by atoms with van der Waals surface area (Å²) < 4.78 is 0. The third kappa shape index (κ3) is 3.36. The van der Waals surface area contributed by atoms with Crippen LogP contribution in [0.1, 0.15) is 6.42 Å². The Kier molecular flexibility index (Phi) is 4.73. The summed E-state index contributed by atoms with van der Waals surface area (Å²) in [7, 11) is 0. The SMILES string of the molecule is N/C(CCN(c1ccccc1)c1ncncc1Cl)=N/O. The Morgan fingerprint density at radius 2 is 2.10 bits per heavy atom. The molecule has 6 nitrogen and oxygen atoms in total. The lowest BCUT2D eigenvalue weighted by Crippen LogP contribution is -2.25. The van der Waals surface area contributed by atoms with Crippen molar-refractivity contribution in [3.8, 4) is 0 Å². The largest absolute Gasteiger partial charge is 0.409 e. The van der Waals surface area contributed by atoms with Gasteiger partial charge in [0.1, 0.15) is 17.2 Å². The van der Waals surface area contributed by atoms with Crippen molar-refractivity contribution in [3.63, 3.8) is 0 Å². The minimum Gasteiger partial charge on any atom is -0.409 e. The second-order valence-corrected chi connectivity index (χ2v) is 4.43. The highest BCUT2D eigenvalue weighted by atomic mass is 35.5. The van der Waals surface area contributed by atoms with E-state index in [-0.39, 0.29) is 5.84 Å². The van der Waals surface area contributed by atoms with E-state index in [9.17, 15) is 0 Å². The molecule has 0 saturated heterocycles. The van der Waals surface area contributed by atoms with E-state index >= 15 is 0 Å². The molecule has 20 heavy (non-hydrogen) atoms. The number of anilines is 2. The third-order valence-corrected chi connectivity index (χ3v) is 2.96. The Balaban J connectivity index is 2.32. The van der Waals surface area contributed by atoms with Gasteiger partial charge < -0.3 is 15.8 Å². The van der Waals surface area contributed by atoms with Gasteiger partial charge in [-0.25, -0.2) is 9.97 Å². The molecule has 2 aromatic rings. The Labute approximate surface area is 121 Å². The molecule has 0 aliphatic carbocycles. The molecule has 7 heteroatoms. The van der Waals surface area contributed by atoms with Crippen LogP contribution in [0, 0.1) is 0 Å². The first-order valence-corrected chi connectivity index (χ1v) is 6.34. The van der Waals surface area contributed by atoms with Crippen LogP contribution in [0.2, 0.25) is 5.02 Å². The van der Waals surface area contributed by atoms with Gasteiger partial charge in [0.2, 0.25) is 0 Å². The summed E-state index contributed by atoms with van der Waals surface area (Å²) in [5, 5.41) is 12.0. The second-order valence-electron chi connectivity index (χ2n) is 4.02. The molecular weight excluding hydrogens is 278 g/mol. The summed E-state index contributed by atoms with van der Waals surface area (Å²) >= 11 is 6.14. The molecule has 0 aliphatic rings. The van der Waals surface area contributed by atoms with Crippen LogP contribution >= 0.6 is 11.6 Å². The van der Waals surface area contributed by atoms with E-state index in [4.69, 9.17) is 22.5 Å². The average Bonchev–Trinajstić information content (AvgIpc) is 2.50. The molecule has 0 spiro atoms. The predicted octanol–water partition coefficient (Wildman–Crippen LogP) is 2.40. The number of hydrogen-bond donors (Lipinski definition) is 2. The van der Waals surface area contributed by atoms with Crippen molar-refractivity contribution >= 4 is 28.9 Å². The lowest BCUT2D eigenvalue weighted by molar-refractivity contribution is 0.317. The lowest BCUT2D eigenvalue weighted by atomic mass is 10.2. The summed E-state index contributed by atoms with van der Waals surface area (Å²) in [5.41, 5.74) is 6.44. The number of halogens is 1. The molecule has 0 fully saturated rings. The maximum atomic E-state index is 8.64. The highest BCUT2D eigenvalue weighted by Crippen LogP contribution is 2.28. The minimum absolute atomic E-state index is 0.149. The monoisotopic (exact) mass is 291 g/mol. The number of para-hydroxylation sites is 1. The van der Waals surface area contributed by atoms with Gasteiger partial charge in [-0.3, -0.25) is 0 Å². The highest BCUT2D eigenvalue weighted by molar-refractivity contribution is 6.32. The summed E-state index contributed by atoms with van der Waals surface area (Å²) in [6.45, 7) is 0.483. The van der Waals surface area contributed by atoms with Crippen molar-refractivity contribution in [2.24, 2.45) is 10.9 Å². The Hall–Kier alpha value is -2.34. The molecule has 1 aromatic heterocycles. The summed E-state index contributed by atoms with van der Waals surface area (Å²) in [5.74, 6) is 0.731. The van der Waals surface area contributed by atoms with E-state index in [2.05, 4.69) is 15.1 Å². The van der Waals surface area contributed by atoms with Crippen molar-refractivity contribution in [1.82, 2.24) is 9.97 Å². The lowest BCUT2D eigenvalue weighted by Gasteiger charge is -2.24. The molecule has 3 N–H and O–H groups in total. The van der Waals surface area contributed by atoms with Gasteiger partial charge in [-0.2, -0.15) is 0 Å². The Morgan fingerprint density at radius 3 is 2.75 bits per heavy atom. The van der Waals surface area contributed by atoms with E-state index in [1.807, 2.05) is 35.2 Å². The maximum Gasteiger partial charge on any atom is 0.155 e. The number of hydrogen-bond acceptors (Lipinski definition) is 5. The molecule has 104 valence electrons. The number of amidine groups is 1. The van der Waals surface area contributed by atoms with Gasteiger partial charge in [0.25, 0.3) is 0 Å². The summed E-state index contributed by atoms with van der Waals surface area (Å²) in [6, 6.07) is 9.63. The zero-order valence-electron chi connectivity index (χ0n) is 10.6. The fourth-order valence-corrected chi connectivity index (χ4v) is 1.95. The highest BCUT2D eigenvalue weighted by Gasteiger charge is 2.14. The van der Waals surface area contributed by atoms with Gasteiger partial charge in [-0.05, 0) is 12.1 Å².